The number of fused-ring (bicyclic) bond motifs is 1. The van der Waals surface area contributed by atoms with E-state index in [1.54, 1.807) is 18.5 Å². The number of aromatic nitrogens is 3. The fourth-order valence-electron chi connectivity index (χ4n) is 1.63. The summed E-state index contributed by atoms with van der Waals surface area (Å²) in [5.74, 6) is 0. The summed E-state index contributed by atoms with van der Waals surface area (Å²) in [5, 5.41) is 19.7. The second kappa shape index (κ2) is 6.65. The van der Waals surface area contributed by atoms with Crippen LogP contribution in [0.5, 0.6) is 0 Å². The molecule has 0 aliphatic rings. The lowest BCUT2D eigenvalue weighted by Crippen LogP contribution is -2.28. The summed E-state index contributed by atoms with van der Waals surface area (Å²) < 4.78 is 6.60. The Bertz CT molecular complexity index is 491. The monoisotopic (exact) mass is 273 g/mol. The van der Waals surface area contributed by atoms with Gasteiger partial charge in [-0.15, -0.1) is 12.4 Å². The number of aliphatic hydroxyl groups excluding tert-OH is 2. The van der Waals surface area contributed by atoms with Crippen molar-refractivity contribution in [2.24, 2.45) is 0 Å². The van der Waals surface area contributed by atoms with Gasteiger partial charge in [-0.25, -0.2) is 9.97 Å². The Kier molecular flexibility index (Phi) is 5.49. The van der Waals surface area contributed by atoms with E-state index in [1.165, 1.54) is 10.9 Å². The summed E-state index contributed by atoms with van der Waals surface area (Å²) in [7, 11) is 0. The smallest absolute Gasteiger partial charge is 0.159 e. The van der Waals surface area contributed by atoms with Crippen LogP contribution in [-0.4, -0.2) is 44.1 Å². The van der Waals surface area contributed by atoms with Crippen LogP contribution >= 0.6 is 12.4 Å². The molecule has 0 bridgehead atoms. The number of hydrogen-bond acceptors (Lipinski definition) is 5. The SMILES string of the molecule is CCOCC(O)C(O)n1ccc2ncncc21.Cl. The van der Waals surface area contributed by atoms with E-state index < -0.39 is 12.3 Å². The third-order valence-electron chi connectivity index (χ3n) is 2.52. The Balaban J connectivity index is 0.00000162. The average Bonchev–Trinajstić information content (AvgIpc) is 2.78. The van der Waals surface area contributed by atoms with E-state index in [0.717, 1.165) is 5.52 Å². The van der Waals surface area contributed by atoms with Crippen molar-refractivity contribution in [3.05, 3.63) is 24.8 Å². The lowest BCUT2D eigenvalue weighted by Gasteiger charge is -2.19. The Morgan fingerprint density at radius 1 is 1.44 bits per heavy atom. The van der Waals surface area contributed by atoms with Gasteiger partial charge in [-0.3, -0.25) is 0 Å². The molecule has 0 saturated heterocycles. The van der Waals surface area contributed by atoms with Crippen LogP contribution in [0.2, 0.25) is 0 Å². The van der Waals surface area contributed by atoms with Crippen molar-refractivity contribution >= 4 is 23.4 Å². The maximum Gasteiger partial charge on any atom is 0.159 e. The topological polar surface area (TPSA) is 80.4 Å². The van der Waals surface area contributed by atoms with E-state index in [2.05, 4.69) is 9.97 Å². The van der Waals surface area contributed by atoms with Crippen LogP contribution in [0.15, 0.2) is 24.8 Å². The fraction of sp³-hybridized carbons (Fsp3) is 0.455. The number of halogens is 1. The molecule has 2 N–H and O–H groups in total. The molecule has 100 valence electrons. The molecule has 18 heavy (non-hydrogen) atoms. The zero-order valence-corrected chi connectivity index (χ0v) is 10.7. The lowest BCUT2D eigenvalue weighted by atomic mass is 10.3. The lowest BCUT2D eigenvalue weighted by molar-refractivity contribution is -0.0670. The predicted molar refractivity (Wildman–Crippen MR) is 68.5 cm³/mol. The maximum atomic E-state index is 9.98. The predicted octanol–water partition coefficient (Wildman–Crippen LogP) is 0.741. The van der Waals surface area contributed by atoms with Crippen molar-refractivity contribution in [1.82, 2.24) is 14.5 Å². The minimum Gasteiger partial charge on any atom is -0.386 e. The van der Waals surface area contributed by atoms with E-state index in [-0.39, 0.29) is 19.0 Å². The largest absolute Gasteiger partial charge is 0.386 e. The molecule has 0 radical (unpaired) electrons. The van der Waals surface area contributed by atoms with Gasteiger partial charge in [-0.1, -0.05) is 0 Å². The molecule has 2 unspecified atom stereocenters. The van der Waals surface area contributed by atoms with Crippen LogP contribution in [0.25, 0.3) is 11.0 Å². The summed E-state index contributed by atoms with van der Waals surface area (Å²) in [4.78, 5) is 7.94. The van der Waals surface area contributed by atoms with Gasteiger partial charge < -0.3 is 19.5 Å². The number of aliphatic hydroxyl groups is 2. The molecule has 0 fully saturated rings. The molecule has 0 spiro atoms. The van der Waals surface area contributed by atoms with Gasteiger partial charge in [-0.05, 0) is 13.0 Å². The molecule has 0 aromatic carbocycles. The van der Waals surface area contributed by atoms with Gasteiger partial charge in [0.15, 0.2) is 6.23 Å². The molecule has 2 heterocycles. The van der Waals surface area contributed by atoms with Crippen LogP contribution in [0.3, 0.4) is 0 Å². The van der Waals surface area contributed by atoms with Gasteiger partial charge in [0.25, 0.3) is 0 Å². The Labute approximate surface area is 111 Å². The minimum atomic E-state index is -1.06. The van der Waals surface area contributed by atoms with Gasteiger partial charge in [0, 0.05) is 12.8 Å². The Morgan fingerprint density at radius 2 is 2.22 bits per heavy atom. The molecule has 0 saturated carbocycles. The number of rotatable bonds is 5. The molecule has 2 atom stereocenters. The number of hydrogen-bond donors (Lipinski definition) is 2. The zero-order chi connectivity index (χ0) is 12.3. The fourth-order valence-corrected chi connectivity index (χ4v) is 1.63. The first-order valence-corrected chi connectivity index (χ1v) is 5.44. The molecule has 2 aromatic heterocycles. The summed E-state index contributed by atoms with van der Waals surface area (Å²) in [6, 6.07) is 1.76. The summed E-state index contributed by atoms with van der Waals surface area (Å²) in [6.45, 7) is 2.42. The van der Waals surface area contributed by atoms with Crippen molar-refractivity contribution in [2.45, 2.75) is 19.3 Å². The van der Waals surface area contributed by atoms with E-state index in [1.807, 2.05) is 6.92 Å². The van der Waals surface area contributed by atoms with E-state index >= 15 is 0 Å². The van der Waals surface area contributed by atoms with Gasteiger partial charge in [0.2, 0.25) is 0 Å². The molecule has 0 aliphatic heterocycles. The summed E-state index contributed by atoms with van der Waals surface area (Å²) in [6.07, 6.45) is 2.66. The van der Waals surface area contributed by atoms with Crippen molar-refractivity contribution in [3.8, 4) is 0 Å². The van der Waals surface area contributed by atoms with Crippen molar-refractivity contribution in [3.63, 3.8) is 0 Å². The third-order valence-corrected chi connectivity index (χ3v) is 2.52. The average molecular weight is 274 g/mol. The van der Waals surface area contributed by atoms with Crippen LogP contribution in [-0.2, 0) is 4.74 Å². The van der Waals surface area contributed by atoms with Crippen LogP contribution < -0.4 is 0 Å². The second-order valence-electron chi connectivity index (χ2n) is 3.66. The van der Waals surface area contributed by atoms with Crippen molar-refractivity contribution in [1.29, 1.82) is 0 Å². The van der Waals surface area contributed by atoms with E-state index in [9.17, 15) is 10.2 Å². The van der Waals surface area contributed by atoms with E-state index in [4.69, 9.17) is 4.74 Å². The molecule has 0 aliphatic carbocycles. The number of nitrogens with zero attached hydrogens (tertiary/aromatic N) is 3. The molecular weight excluding hydrogens is 258 g/mol. The highest BCUT2D eigenvalue weighted by molar-refractivity contribution is 5.85. The standard InChI is InChI=1S/C11H15N3O3.ClH/c1-2-17-6-10(15)11(16)14-4-3-8-9(14)5-12-7-13-8;/h3-5,7,10-11,15-16H,2,6H2,1H3;1H. The highest BCUT2D eigenvalue weighted by Gasteiger charge is 2.19. The van der Waals surface area contributed by atoms with Crippen LogP contribution in [0.1, 0.15) is 13.2 Å². The van der Waals surface area contributed by atoms with Gasteiger partial charge in [0.1, 0.15) is 12.4 Å². The molecule has 2 aromatic rings. The molecule has 0 amide bonds. The third kappa shape index (κ3) is 2.97. The molecule has 2 rings (SSSR count). The quantitative estimate of drug-likeness (QED) is 0.840. The highest BCUT2D eigenvalue weighted by Crippen LogP contribution is 2.18. The minimum absolute atomic E-state index is 0. The van der Waals surface area contributed by atoms with E-state index in [0.29, 0.717) is 12.1 Å². The summed E-state index contributed by atoms with van der Waals surface area (Å²) in [5.41, 5.74) is 1.40. The first-order valence-electron chi connectivity index (χ1n) is 5.44. The first-order chi connectivity index (χ1) is 8.24. The van der Waals surface area contributed by atoms with Gasteiger partial charge in [0.05, 0.1) is 23.8 Å². The Morgan fingerprint density at radius 3 is 2.94 bits per heavy atom. The maximum absolute atomic E-state index is 9.98. The van der Waals surface area contributed by atoms with Crippen molar-refractivity contribution in [2.75, 3.05) is 13.2 Å². The normalized spacial score (nSPS) is 14.2. The Hall–Kier alpha value is -1.21. The molecular formula is C11H16ClN3O3. The van der Waals surface area contributed by atoms with Crippen LogP contribution in [0, 0.1) is 0 Å². The van der Waals surface area contributed by atoms with Crippen molar-refractivity contribution < 1.29 is 14.9 Å². The molecule has 7 heteroatoms. The zero-order valence-electron chi connectivity index (χ0n) is 9.93. The van der Waals surface area contributed by atoms with Gasteiger partial charge in [-0.2, -0.15) is 0 Å². The number of ether oxygens (including phenoxy) is 1. The van der Waals surface area contributed by atoms with Gasteiger partial charge >= 0.3 is 0 Å². The first kappa shape index (κ1) is 14.8. The summed E-state index contributed by atoms with van der Waals surface area (Å²) >= 11 is 0. The van der Waals surface area contributed by atoms with Crippen LogP contribution in [0.4, 0.5) is 0 Å². The highest BCUT2D eigenvalue weighted by atomic mass is 35.5. The molecule has 6 nitrogen and oxygen atoms in total. The second-order valence-corrected chi connectivity index (χ2v) is 3.66.